The lowest BCUT2D eigenvalue weighted by Gasteiger charge is -2.12. The van der Waals surface area contributed by atoms with E-state index in [2.05, 4.69) is 15.8 Å². The summed E-state index contributed by atoms with van der Waals surface area (Å²) in [5.41, 5.74) is 5.81. The van der Waals surface area contributed by atoms with Gasteiger partial charge in [0.15, 0.2) is 0 Å². The molecule has 2 amide bonds. The Hall–Kier alpha value is -3.20. The van der Waals surface area contributed by atoms with Gasteiger partial charge in [-0.3, -0.25) is 9.59 Å². The van der Waals surface area contributed by atoms with Crippen molar-refractivity contribution in [2.45, 2.75) is 19.4 Å². The van der Waals surface area contributed by atoms with Gasteiger partial charge in [-0.2, -0.15) is 0 Å². The van der Waals surface area contributed by atoms with Crippen molar-refractivity contribution in [2.24, 2.45) is 10.9 Å². The van der Waals surface area contributed by atoms with Gasteiger partial charge in [-0.1, -0.05) is 28.9 Å². The lowest BCUT2D eigenvalue weighted by Crippen LogP contribution is -2.28. The van der Waals surface area contributed by atoms with Crippen LogP contribution in [0.2, 0.25) is 5.02 Å². The average Bonchev–Trinajstić information content (AvgIpc) is 2.63. The van der Waals surface area contributed by atoms with Crippen LogP contribution in [0.4, 0.5) is 20.2 Å². The van der Waals surface area contributed by atoms with E-state index in [9.17, 15) is 18.4 Å². The third-order valence-corrected chi connectivity index (χ3v) is 3.71. The summed E-state index contributed by atoms with van der Waals surface area (Å²) < 4.78 is 26.4. The van der Waals surface area contributed by atoms with E-state index < -0.39 is 29.6 Å². The molecule has 148 valence electrons. The molecule has 0 fully saturated rings. The highest BCUT2D eigenvalue weighted by Crippen LogP contribution is 2.20. The fourth-order valence-electron chi connectivity index (χ4n) is 1.97. The number of nitrogens with one attached hydrogen (secondary N) is 2. The quantitative estimate of drug-likeness (QED) is 0.370. The summed E-state index contributed by atoms with van der Waals surface area (Å²) in [5, 5.41) is 8.66. The molecule has 7 nitrogen and oxygen atoms in total. The molecule has 0 saturated carbocycles. The number of oxime groups is 1. The number of anilines is 2. The maximum atomic E-state index is 13.5. The summed E-state index contributed by atoms with van der Waals surface area (Å²) in [6, 6.07) is 9.35. The van der Waals surface area contributed by atoms with E-state index >= 15 is 0 Å². The van der Waals surface area contributed by atoms with E-state index in [1.54, 1.807) is 24.3 Å². The zero-order chi connectivity index (χ0) is 20.7. The fraction of sp³-hybridized carbons (Fsp3) is 0.167. The maximum Gasteiger partial charge on any atom is 0.268 e. The van der Waals surface area contributed by atoms with Gasteiger partial charge in [0.05, 0.1) is 22.8 Å². The molecule has 28 heavy (non-hydrogen) atoms. The van der Waals surface area contributed by atoms with Gasteiger partial charge in [0.2, 0.25) is 12.0 Å². The van der Waals surface area contributed by atoms with Crippen molar-refractivity contribution in [1.82, 2.24) is 0 Å². The van der Waals surface area contributed by atoms with E-state index in [-0.39, 0.29) is 17.9 Å². The topological polar surface area (TPSA) is 106 Å². The summed E-state index contributed by atoms with van der Waals surface area (Å²) in [7, 11) is 0. The van der Waals surface area contributed by atoms with Crippen molar-refractivity contribution >= 4 is 40.6 Å². The molecule has 0 spiro atoms. The lowest BCUT2D eigenvalue weighted by atomic mass is 10.2. The minimum absolute atomic E-state index is 0.183. The number of benzene rings is 2. The Kier molecular flexibility index (Phi) is 7.28. The zero-order valence-electron chi connectivity index (χ0n) is 14.7. The Balaban J connectivity index is 1.86. The van der Waals surface area contributed by atoms with Crippen molar-refractivity contribution in [3.8, 4) is 0 Å². The number of carbonyl (C=O) groups is 2. The molecular formula is C18H17ClF2N4O3. The van der Waals surface area contributed by atoms with Crippen LogP contribution in [0.5, 0.6) is 0 Å². The Morgan fingerprint density at radius 1 is 1.18 bits per heavy atom. The highest BCUT2D eigenvalue weighted by atomic mass is 35.5. The minimum Gasteiger partial charge on any atom is -0.384 e. The molecule has 1 atom stereocenters. The van der Waals surface area contributed by atoms with Gasteiger partial charge in [-0.15, -0.1) is 0 Å². The smallest absolute Gasteiger partial charge is 0.268 e. The van der Waals surface area contributed by atoms with Crippen LogP contribution in [0.1, 0.15) is 13.3 Å². The van der Waals surface area contributed by atoms with Crippen molar-refractivity contribution in [3.05, 3.63) is 59.1 Å². The van der Waals surface area contributed by atoms with Crippen LogP contribution in [-0.4, -0.2) is 23.8 Å². The molecule has 0 bridgehead atoms. The van der Waals surface area contributed by atoms with E-state index in [4.69, 9.17) is 22.2 Å². The normalized spacial score (nSPS) is 12.2. The number of hydrogen-bond donors (Lipinski definition) is 3. The number of carbonyl (C=O) groups excluding carboxylic acids is 2. The van der Waals surface area contributed by atoms with Crippen LogP contribution in [0.3, 0.4) is 0 Å². The van der Waals surface area contributed by atoms with Crippen LogP contribution in [0.15, 0.2) is 47.6 Å². The molecule has 4 N–H and O–H groups in total. The number of nitrogens with two attached hydrogens (primary N) is 1. The van der Waals surface area contributed by atoms with Crippen LogP contribution in [0.25, 0.3) is 0 Å². The summed E-state index contributed by atoms with van der Waals surface area (Å²) in [6.07, 6.45) is -1.44. The van der Waals surface area contributed by atoms with Gasteiger partial charge in [0, 0.05) is 6.07 Å². The predicted molar refractivity (Wildman–Crippen MR) is 102 cm³/mol. The maximum absolute atomic E-state index is 13.5. The number of halogens is 3. The molecule has 2 rings (SSSR count). The third kappa shape index (κ3) is 6.20. The molecule has 0 aliphatic rings. The van der Waals surface area contributed by atoms with Crippen LogP contribution < -0.4 is 16.4 Å². The van der Waals surface area contributed by atoms with E-state index in [1.807, 2.05) is 0 Å². The summed E-state index contributed by atoms with van der Waals surface area (Å²) in [4.78, 5) is 28.8. The molecule has 2 aromatic rings. The highest BCUT2D eigenvalue weighted by molar-refractivity contribution is 6.33. The number of nitrogens with zero attached hydrogens (tertiary/aromatic N) is 1. The summed E-state index contributed by atoms with van der Waals surface area (Å²) >= 11 is 5.94. The first kappa shape index (κ1) is 21.1. The molecule has 1 unspecified atom stereocenters. The molecule has 2 aromatic carbocycles. The number of hydrogen-bond acceptors (Lipinski definition) is 4. The van der Waals surface area contributed by atoms with Crippen molar-refractivity contribution in [3.63, 3.8) is 0 Å². The molecular weight excluding hydrogens is 394 g/mol. The van der Waals surface area contributed by atoms with E-state index in [0.717, 1.165) is 12.1 Å². The SMILES string of the molecule is CC(O/N=C(/N)CC(=O)Nc1ccccc1Cl)C(=O)Nc1ccc(F)cc1F. The van der Waals surface area contributed by atoms with Gasteiger partial charge < -0.3 is 21.2 Å². The van der Waals surface area contributed by atoms with Gasteiger partial charge in [0.1, 0.15) is 17.5 Å². The van der Waals surface area contributed by atoms with Gasteiger partial charge >= 0.3 is 0 Å². The Morgan fingerprint density at radius 3 is 2.57 bits per heavy atom. The monoisotopic (exact) mass is 410 g/mol. The Labute approximate surface area is 164 Å². The van der Waals surface area contributed by atoms with Crippen molar-refractivity contribution in [1.29, 1.82) is 0 Å². The average molecular weight is 411 g/mol. The molecule has 0 radical (unpaired) electrons. The molecule has 0 aliphatic heterocycles. The third-order valence-electron chi connectivity index (χ3n) is 3.38. The standard InChI is InChI=1S/C18H17ClF2N4O3/c1-10(18(27)24-15-7-6-11(20)8-13(15)21)28-25-16(22)9-17(26)23-14-5-3-2-4-12(14)19/h2-8,10H,9H2,1H3,(H2,22,25)(H,23,26)(H,24,27). The lowest BCUT2D eigenvalue weighted by molar-refractivity contribution is -0.126. The van der Waals surface area contributed by atoms with Crippen LogP contribution in [-0.2, 0) is 14.4 Å². The second-order valence-corrected chi connectivity index (χ2v) is 6.06. The fourth-order valence-corrected chi connectivity index (χ4v) is 2.16. The summed E-state index contributed by atoms with van der Waals surface area (Å²) in [5.74, 6) is -3.10. The second kappa shape index (κ2) is 9.65. The highest BCUT2D eigenvalue weighted by Gasteiger charge is 2.17. The predicted octanol–water partition coefficient (Wildman–Crippen LogP) is 3.26. The molecule has 0 saturated heterocycles. The van der Waals surface area contributed by atoms with Gasteiger partial charge in [-0.05, 0) is 31.2 Å². The first-order valence-corrected chi connectivity index (χ1v) is 8.42. The van der Waals surface area contributed by atoms with E-state index in [1.165, 1.54) is 6.92 Å². The largest absolute Gasteiger partial charge is 0.384 e. The Morgan fingerprint density at radius 2 is 1.89 bits per heavy atom. The first-order valence-electron chi connectivity index (χ1n) is 8.04. The first-order chi connectivity index (χ1) is 13.3. The molecule has 0 aromatic heterocycles. The van der Waals surface area contributed by atoms with Gasteiger partial charge in [0.25, 0.3) is 5.91 Å². The van der Waals surface area contributed by atoms with Crippen LogP contribution >= 0.6 is 11.6 Å². The molecule has 0 heterocycles. The van der Waals surface area contributed by atoms with Crippen molar-refractivity contribution < 1.29 is 23.2 Å². The van der Waals surface area contributed by atoms with Gasteiger partial charge in [-0.25, -0.2) is 8.78 Å². The Bertz CT molecular complexity index is 908. The second-order valence-electron chi connectivity index (χ2n) is 5.65. The summed E-state index contributed by atoms with van der Waals surface area (Å²) in [6.45, 7) is 1.34. The molecule has 10 heteroatoms. The van der Waals surface area contributed by atoms with Crippen molar-refractivity contribution in [2.75, 3.05) is 10.6 Å². The number of amidine groups is 1. The zero-order valence-corrected chi connectivity index (χ0v) is 15.5. The minimum atomic E-state index is -1.14. The molecule has 0 aliphatic carbocycles. The number of rotatable bonds is 7. The van der Waals surface area contributed by atoms with Crippen LogP contribution in [0, 0.1) is 11.6 Å². The van der Waals surface area contributed by atoms with E-state index in [0.29, 0.717) is 16.8 Å². The number of amides is 2. The number of para-hydroxylation sites is 1.